The molecule has 2 heterocycles. The predicted molar refractivity (Wildman–Crippen MR) is 69.2 cm³/mol. The Kier molecular flexibility index (Phi) is 3.97. The number of hydrogen-bond acceptors (Lipinski definition) is 5. The molecular formula is C12H19N3O2S. The Morgan fingerprint density at radius 1 is 1.22 bits per heavy atom. The Hall–Kier alpha value is -1.01. The highest BCUT2D eigenvalue weighted by molar-refractivity contribution is 7.91. The maximum absolute atomic E-state index is 12.3. The van der Waals surface area contributed by atoms with E-state index >= 15 is 0 Å². The smallest absolute Gasteiger partial charge is 0.247 e. The van der Waals surface area contributed by atoms with Crippen LogP contribution < -0.4 is 5.32 Å². The number of sulfone groups is 1. The molecule has 6 heteroatoms. The van der Waals surface area contributed by atoms with Gasteiger partial charge in [-0.25, -0.2) is 18.4 Å². The lowest BCUT2D eigenvalue weighted by Crippen LogP contribution is -2.31. The lowest BCUT2D eigenvalue weighted by atomic mass is 10.0. The molecule has 0 bridgehead atoms. The zero-order valence-corrected chi connectivity index (χ0v) is 11.6. The number of rotatable bonds is 3. The fourth-order valence-corrected chi connectivity index (χ4v) is 3.94. The number of nitrogens with one attached hydrogen (secondary N) is 1. The van der Waals surface area contributed by atoms with Crippen LogP contribution in [0, 0.1) is 19.8 Å². The molecule has 1 aromatic heterocycles. The minimum atomic E-state index is -3.35. The van der Waals surface area contributed by atoms with E-state index in [0.717, 1.165) is 25.9 Å². The monoisotopic (exact) mass is 269 g/mol. The van der Waals surface area contributed by atoms with E-state index in [9.17, 15) is 8.42 Å². The van der Waals surface area contributed by atoms with E-state index in [0.29, 0.717) is 11.4 Å². The van der Waals surface area contributed by atoms with Crippen molar-refractivity contribution in [1.82, 2.24) is 15.3 Å². The summed E-state index contributed by atoms with van der Waals surface area (Å²) < 4.78 is 24.5. The molecule has 0 unspecified atom stereocenters. The van der Waals surface area contributed by atoms with Crippen LogP contribution in [0.1, 0.15) is 24.2 Å². The van der Waals surface area contributed by atoms with E-state index in [2.05, 4.69) is 15.3 Å². The highest BCUT2D eigenvalue weighted by Crippen LogP contribution is 2.18. The SMILES string of the molecule is Cc1cc(C)nc(S(=O)(=O)CC2CCNCC2)n1. The van der Waals surface area contributed by atoms with Crippen LogP contribution in [0.5, 0.6) is 0 Å². The van der Waals surface area contributed by atoms with Crippen molar-refractivity contribution in [2.75, 3.05) is 18.8 Å². The molecule has 1 aliphatic heterocycles. The van der Waals surface area contributed by atoms with Gasteiger partial charge in [-0.3, -0.25) is 0 Å². The van der Waals surface area contributed by atoms with Gasteiger partial charge in [0.1, 0.15) is 0 Å². The van der Waals surface area contributed by atoms with Gasteiger partial charge >= 0.3 is 0 Å². The minimum Gasteiger partial charge on any atom is -0.317 e. The molecule has 1 N–H and O–H groups in total. The molecule has 1 saturated heterocycles. The van der Waals surface area contributed by atoms with Gasteiger partial charge in [0, 0.05) is 11.4 Å². The third-order valence-electron chi connectivity index (χ3n) is 3.15. The summed E-state index contributed by atoms with van der Waals surface area (Å²) in [5.74, 6) is 0.387. The van der Waals surface area contributed by atoms with Gasteiger partial charge in [-0.15, -0.1) is 0 Å². The minimum absolute atomic E-state index is 0.0152. The molecule has 5 nitrogen and oxygen atoms in total. The molecule has 0 saturated carbocycles. The topological polar surface area (TPSA) is 72.0 Å². The van der Waals surface area contributed by atoms with Gasteiger partial charge in [0.2, 0.25) is 15.0 Å². The number of hydrogen-bond donors (Lipinski definition) is 1. The molecule has 0 spiro atoms. The molecule has 0 aromatic carbocycles. The Bertz CT molecular complexity index is 502. The van der Waals surface area contributed by atoms with Crippen LogP contribution in [-0.4, -0.2) is 37.2 Å². The number of aromatic nitrogens is 2. The maximum Gasteiger partial charge on any atom is 0.247 e. The Balaban J connectivity index is 2.19. The third kappa shape index (κ3) is 3.26. The van der Waals surface area contributed by atoms with Crippen LogP contribution in [0.2, 0.25) is 0 Å². The largest absolute Gasteiger partial charge is 0.317 e. The van der Waals surface area contributed by atoms with E-state index in [1.165, 1.54) is 0 Å². The van der Waals surface area contributed by atoms with Crippen molar-refractivity contribution in [3.8, 4) is 0 Å². The summed E-state index contributed by atoms with van der Waals surface area (Å²) >= 11 is 0. The van der Waals surface area contributed by atoms with Gasteiger partial charge in [-0.1, -0.05) is 0 Å². The predicted octanol–water partition coefficient (Wildman–Crippen LogP) is 0.867. The molecule has 1 fully saturated rings. The van der Waals surface area contributed by atoms with Crippen molar-refractivity contribution in [2.45, 2.75) is 31.8 Å². The van der Waals surface area contributed by atoms with Crippen molar-refractivity contribution in [3.63, 3.8) is 0 Å². The highest BCUT2D eigenvalue weighted by Gasteiger charge is 2.25. The molecule has 1 aromatic rings. The number of nitrogens with zero attached hydrogens (tertiary/aromatic N) is 2. The maximum atomic E-state index is 12.3. The zero-order chi connectivity index (χ0) is 13.2. The highest BCUT2D eigenvalue weighted by atomic mass is 32.2. The Labute approximate surface area is 108 Å². The van der Waals surface area contributed by atoms with Crippen molar-refractivity contribution < 1.29 is 8.42 Å². The fraction of sp³-hybridized carbons (Fsp3) is 0.667. The zero-order valence-electron chi connectivity index (χ0n) is 10.8. The lowest BCUT2D eigenvalue weighted by molar-refractivity contribution is 0.400. The number of aryl methyl sites for hydroxylation is 2. The second kappa shape index (κ2) is 5.32. The van der Waals surface area contributed by atoms with Gasteiger partial charge in [0.05, 0.1) is 5.75 Å². The fourth-order valence-electron chi connectivity index (χ4n) is 2.27. The van der Waals surface area contributed by atoms with Gasteiger partial charge in [0.15, 0.2) is 0 Å². The van der Waals surface area contributed by atoms with Crippen molar-refractivity contribution in [1.29, 1.82) is 0 Å². The molecule has 0 amide bonds. The van der Waals surface area contributed by atoms with Gasteiger partial charge in [0.25, 0.3) is 0 Å². The van der Waals surface area contributed by atoms with E-state index in [-0.39, 0.29) is 16.8 Å². The molecule has 0 aliphatic carbocycles. The second-order valence-electron chi connectivity index (χ2n) is 4.91. The summed E-state index contributed by atoms with van der Waals surface area (Å²) in [6.07, 6.45) is 1.81. The van der Waals surface area contributed by atoms with Gasteiger partial charge in [-0.2, -0.15) is 0 Å². The molecule has 100 valence electrons. The third-order valence-corrected chi connectivity index (χ3v) is 4.80. The molecule has 0 radical (unpaired) electrons. The van der Waals surface area contributed by atoms with Crippen molar-refractivity contribution in [3.05, 3.63) is 17.5 Å². The molecule has 18 heavy (non-hydrogen) atoms. The quantitative estimate of drug-likeness (QED) is 0.824. The van der Waals surface area contributed by atoms with Gasteiger partial charge < -0.3 is 5.32 Å². The van der Waals surface area contributed by atoms with Crippen molar-refractivity contribution >= 4 is 9.84 Å². The molecule has 2 rings (SSSR count). The Morgan fingerprint density at radius 3 is 2.33 bits per heavy atom. The molecule has 1 aliphatic rings. The van der Waals surface area contributed by atoms with Crippen LogP contribution in [0.3, 0.4) is 0 Å². The summed E-state index contributed by atoms with van der Waals surface area (Å²) in [4.78, 5) is 8.11. The van der Waals surface area contributed by atoms with E-state index in [1.807, 2.05) is 0 Å². The summed E-state index contributed by atoms with van der Waals surface area (Å²) in [6, 6.07) is 1.78. The summed E-state index contributed by atoms with van der Waals surface area (Å²) in [5.41, 5.74) is 1.40. The van der Waals surface area contributed by atoms with Crippen LogP contribution in [0.4, 0.5) is 0 Å². The lowest BCUT2D eigenvalue weighted by Gasteiger charge is -2.21. The van der Waals surface area contributed by atoms with Crippen molar-refractivity contribution in [2.24, 2.45) is 5.92 Å². The normalized spacial score (nSPS) is 17.9. The summed E-state index contributed by atoms with van der Waals surface area (Å²) in [6.45, 7) is 5.37. The second-order valence-corrected chi connectivity index (χ2v) is 6.84. The van der Waals surface area contributed by atoms with E-state index in [1.54, 1.807) is 19.9 Å². The average Bonchev–Trinajstić information content (AvgIpc) is 2.28. The van der Waals surface area contributed by atoms with Gasteiger partial charge in [-0.05, 0) is 51.8 Å². The standard InChI is InChI=1S/C12H19N3O2S/c1-9-7-10(2)15-12(14-9)18(16,17)8-11-3-5-13-6-4-11/h7,11,13H,3-6,8H2,1-2H3. The van der Waals surface area contributed by atoms with E-state index < -0.39 is 9.84 Å². The van der Waals surface area contributed by atoms with E-state index in [4.69, 9.17) is 0 Å². The molecule has 0 atom stereocenters. The average molecular weight is 269 g/mol. The first-order valence-corrected chi connectivity index (χ1v) is 7.88. The first kappa shape index (κ1) is 13.4. The summed E-state index contributed by atoms with van der Waals surface area (Å²) in [5, 5.41) is 3.22. The number of piperidine rings is 1. The molecular weight excluding hydrogens is 250 g/mol. The van der Waals surface area contributed by atoms with Crippen LogP contribution in [-0.2, 0) is 9.84 Å². The van der Waals surface area contributed by atoms with Crippen LogP contribution in [0.15, 0.2) is 11.2 Å². The first-order valence-electron chi connectivity index (χ1n) is 6.23. The summed E-state index contributed by atoms with van der Waals surface area (Å²) in [7, 11) is -3.35. The van der Waals surface area contributed by atoms with Crippen LogP contribution >= 0.6 is 0 Å². The van der Waals surface area contributed by atoms with Crippen LogP contribution in [0.25, 0.3) is 0 Å². The first-order chi connectivity index (χ1) is 8.47. The Morgan fingerprint density at radius 2 is 1.78 bits per heavy atom.